The Bertz CT molecular complexity index is 648. The maximum Gasteiger partial charge on any atom is 0.317 e. The number of nitriles is 1. The number of carbonyl (C=O) groups is 2. The summed E-state index contributed by atoms with van der Waals surface area (Å²) < 4.78 is 33.7. The van der Waals surface area contributed by atoms with Crippen molar-refractivity contribution in [3.05, 3.63) is 0 Å². The van der Waals surface area contributed by atoms with Gasteiger partial charge in [-0.2, -0.15) is 5.26 Å². The fourth-order valence-corrected chi connectivity index (χ4v) is 4.22. The standard InChI is InChI=1S/C18H26F2N4O3/c1-16(19,20)9-12(14(25)23-17(11-21)7-8-17)13-10-24(15(22)26)18(27-13)5-3-2-4-6-18/h12-13H,2-10H2,1H3,(H2,22,26)(H,23,25)/t12-,13?/m0/s1. The number of rotatable bonds is 5. The lowest BCUT2D eigenvalue weighted by Crippen LogP contribution is -2.51. The van der Waals surface area contributed by atoms with E-state index in [2.05, 4.69) is 5.32 Å². The van der Waals surface area contributed by atoms with Crippen molar-refractivity contribution in [2.24, 2.45) is 11.7 Å². The van der Waals surface area contributed by atoms with Crippen LogP contribution in [0.1, 0.15) is 58.3 Å². The number of carbonyl (C=O) groups excluding carboxylic acids is 2. The van der Waals surface area contributed by atoms with E-state index in [1.807, 2.05) is 6.07 Å². The van der Waals surface area contributed by atoms with Crippen molar-refractivity contribution in [2.45, 2.75) is 81.6 Å². The average molecular weight is 384 g/mol. The highest BCUT2D eigenvalue weighted by molar-refractivity contribution is 5.81. The van der Waals surface area contributed by atoms with Crippen molar-refractivity contribution >= 4 is 11.9 Å². The summed E-state index contributed by atoms with van der Waals surface area (Å²) in [5.74, 6) is -4.88. The van der Waals surface area contributed by atoms with Crippen molar-refractivity contribution in [1.82, 2.24) is 10.2 Å². The fraction of sp³-hybridized carbons (Fsp3) is 0.833. The molecule has 0 radical (unpaired) electrons. The molecule has 0 bridgehead atoms. The molecule has 3 fully saturated rings. The molecule has 3 amide bonds. The Hall–Kier alpha value is -1.95. The summed E-state index contributed by atoms with van der Waals surface area (Å²) in [7, 11) is 0. The first kappa shape index (κ1) is 19.8. The Morgan fingerprint density at radius 2 is 1.96 bits per heavy atom. The quantitative estimate of drug-likeness (QED) is 0.758. The lowest BCUT2D eigenvalue weighted by atomic mass is 9.91. The number of hydrogen-bond donors (Lipinski definition) is 2. The third kappa shape index (κ3) is 4.15. The minimum Gasteiger partial charge on any atom is -0.351 e. The van der Waals surface area contributed by atoms with E-state index in [1.165, 1.54) is 4.90 Å². The van der Waals surface area contributed by atoms with E-state index in [9.17, 15) is 23.6 Å². The number of amides is 3. The van der Waals surface area contributed by atoms with Crippen LogP contribution in [0.25, 0.3) is 0 Å². The highest BCUT2D eigenvalue weighted by Crippen LogP contribution is 2.43. The largest absolute Gasteiger partial charge is 0.351 e. The molecule has 2 atom stereocenters. The van der Waals surface area contributed by atoms with Crippen molar-refractivity contribution in [1.29, 1.82) is 5.26 Å². The molecule has 1 spiro atoms. The molecule has 0 aromatic carbocycles. The number of nitrogens with two attached hydrogens (primary N) is 1. The van der Waals surface area contributed by atoms with Gasteiger partial charge in [0.15, 0.2) is 0 Å². The molecule has 1 aliphatic heterocycles. The molecule has 27 heavy (non-hydrogen) atoms. The lowest BCUT2D eigenvalue weighted by molar-refractivity contribution is -0.149. The molecule has 3 N–H and O–H groups in total. The van der Waals surface area contributed by atoms with Gasteiger partial charge in [-0.1, -0.05) is 6.42 Å². The number of hydrogen-bond acceptors (Lipinski definition) is 4. The first-order chi connectivity index (χ1) is 12.6. The Morgan fingerprint density at radius 3 is 2.44 bits per heavy atom. The van der Waals surface area contributed by atoms with Crippen molar-refractivity contribution in [2.75, 3.05) is 6.54 Å². The van der Waals surface area contributed by atoms with Crippen LogP contribution in [0.2, 0.25) is 0 Å². The molecule has 0 aromatic heterocycles. The second-order valence-electron chi connectivity index (χ2n) is 8.18. The zero-order chi connectivity index (χ0) is 19.9. The molecule has 2 aliphatic carbocycles. The monoisotopic (exact) mass is 384 g/mol. The van der Waals surface area contributed by atoms with E-state index >= 15 is 0 Å². The second-order valence-corrected chi connectivity index (χ2v) is 8.18. The number of nitrogens with zero attached hydrogens (tertiary/aromatic N) is 2. The zero-order valence-corrected chi connectivity index (χ0v) is 15.5. The highest BCUT2D eigenvalue weighted by Gasteiger charge is 2.54. The highest BCUT2D eigenvalue weighted by atomic mass is 19.3. The van der Waals surface area contributed by atoms with Gasteiger partial charge in [-0.3, -0.25) is 9.69 Å². The predicted molar refractivity (Wildman–Crippen MR) is 91.4 cm³/mol. The van der Waals surface area contributed by atoms with Gasteiger partial charge in [0, 0.05) is 6.42 Å². The van der Waals surface area contributed by atoms with Crippen LogP contribution < -0.4 is 11.1 Å². The summed E-state index contributed by atoms with van der Waals surface area (Å²) in [6.07, 6.45) is 3.26. The zero-order valence-electron chi connectivity index (χ0n) is 15.5. The van der Waals surface area contributed by atoms with Gasteiger partial charge >= 0.3 is 6.03 Å². The van der Waals surface area contributed by atoms with E-state index in [0.29, 0.717) is 25.7 Å². The van der Waals surface area contributed by atoms with Crippen LogP contribution in [0.5, 0.6) is 0 Å². The van der Waals surface area contributed by atoms with E-state index < -0.39 is 47.6 Å². The van der Waals surface area contributed by atoms with Gasteiger partial charge in [-0.25, -0.2) is 13.6 Å². The summed E-state index contributed by atoms with van der Waals surface area (Å²) in [4.78, 5) is 26.1. The van der Waals surface area contributed by atoms with Gasteiger partial charge in [0.25, 0.3) is 0 Å². The number of primary amides is 1. The molecule has 1 unspecified atom stereocenters. The van der Waals surface area contributed by atoms with Crippen LogP contribution in [0.3, 0.4) is 0 Å². The van der Waals surface area contributed by atoms with E-state index in [4.69, 9.17) is 10.5 Å². The summed E-state index contributed by atoms with van der Waals surface area (Å²) >= 11 is 0. The van der Waals surface area contributed by atoms with Gasteiger partial charge < -0.3 is 15.8 Å². The van der Waals surface area contributed by atoms with Crippen molar-refractivity contribution < 1.29 is 23.1 Å². The predicted octanol–water partition coefficient (Wildman–Crippen LogP) is 2.26. The molecule has 9 heteroatoms. The molecular weight excluding hydrogens is 358 g/mol. The average Bonchev–Trinajstić information content (AvgIpc) is 3.27. The van der Waals surface area contributed by atoms with Gasteiger partial charge in [-0.15, -0.1) is 0 Å². The number of halogens is 2. The molecule has 3 rings (SSSR count). The van der Waals surface area contributed by atoms with Crippen molar-refractivity contribution in [3.8, 4) is 6.07 Å². The van der Waals surface area contributed by atoms with Gasteiger partial charge in [0.2, 0.25) is 11.8 Å². The first-order valence-corrected chi connectivity index (χ1v) is 9.46. The summed E-state index contributed by atoms with van der Waals surface area (Å²) in [6.45, 7) is 0.755. The van der Waals surface area contributed by atoms with Crippen LogP contribution in [0.15, 0.2) is 0 Å². The van der Waals surface area contributed by atoms with Crippen molar-refractivity contribution in [3.63, 3.8) is 0 Å². The first-order valence-electron chi connectivity index (χ1n) is 9.46. The van der Waals surface area contributed by atoms with E-state index in [0.717, 1.165) is 26.2 Å². The smallest absolute Gasteiger partial charge is 0.317 e. The summed E-state index contributed by atoms with van der Waals surface area (Å²) in [5, 5.41) is 11.8. The molecule has 0 aromatic rings. The molecular formula is C18H26F2N4O3. The maximum atomic E-state index is 13.8. The third-order valence-electron chi connectivity index (χ3n) is 5.82. The van der Waals surface area contributed by atoms with Gasteiger partial charge in [0.1, 0.15) is 11.3 Å². The van der Waals surface area contributed by atoms with Crippen LogP contribution in [0, 0.1) is 17.2 Å². The minimum atomic E-state index is -3.09. The normalized spacial score (nSPS) is 27.0. The Balaban J connectivity index is 1.82. The van der Waals surface area contributed by atoms with E-state index in [-0.39, 0.29) is 6.54 Å². The van der Waals surface area contributed by atoms with Crippen LogP contribution in [-0.2, 0) is 9.53 Å². The van der Waals surface area contributed by atoms with Crippen LogP contribution >= 0.6 is 0 Å². The third-order valence-corrected chi connectivity index (χ3v) is 5.82. The molecule has 1 saturated heterocycles. The van der Waals surface area contributed by atoms with E-state index in [1.54, 1.807) is 0 Å². The van der Waals surface area contributed by atoms with Crippen LogP contribution in [-0.4, -0.2) is 46.7 Å². The maximum absolute atomic E-state index is 13.8. The number of ether oxygens (including phenoxy) is 1. The number of alkyl halides is 2. The Labute approximate surface area is 157 Å². The summed E-state index contributed by atoms with van der Waals surface area (Å²) in [6, 6.07) is 1.36. The molecule has 150 valence electrons. The number of urea groups is 1. The molecule has 7 nitrogen and oxygen atoms in total. The SMILES string of the molecule is CC(F)(F)C[C@H](C(=O)NC1(C#N)CC1)C1CN(C(N)=O)C2(CCCCC2)O1. The number of nitrogens with one attached hydrogen (secondary N) is 1. The molecule has 2 saturated carbocycles. The minimum absolute atomic E-state index is 0.00303. The molecule has 1 heterocycles. The van der Waals surface area contributed by atoms with Gasteiger partial charge in [0.05, 0.1) is 24.6 Å². The lowest BCUT2D eigenvalue weighted by Gasteiger charge is -2.39. The fourth-order valence-electron chi connectivity index (χ4n) is 4.22. The Kier molecular flexibility index (Phi) is 5.06. The summed E-state index contributed by atoms with van der Waals surface area (Å²) in [5.41, 5.74) is 3.65. The van der Waals surface area contributed by atoms with Crippen LogP contribution in [0.4, 0.5) is 13.6 Å². The second kappa shape index (κ2) is 6.89. The molecule has 3 aliphatic rings. The van der Waals surface area contributed by atoms with Gasteiger partial charge in [-0.05, 0) is 45.4 Å². The topological polar surface area (TPSA) is 108 Å². The Morgan fingerprint density at radius 1 is 1.33 bits per heavy atom.